The molecule has 2 bridgehead atoms. The van der Waals surface area contributed by atoms with Gasteiger partial charge in [0.2, 0.25) is 5.91 Å². The van der Waals surface area contributed by atoms with Gasteiger partial charge in [-0.2, -0.15) is 0 Å². The van der Waals surface area contributed by atoms with Gasteiger partial charge < -0.3 is 15.2 Å². The van der Waals surface area contributed by atoms with E-state index in [4.69, 9.17) is 9.84 Å². The minimum Gasteiger partial charge on any atom is -0.478 e. The van der Waals surface area contributed by atoms with Crippen molar-refractivity contribution < 1.29 is 24.2 Å². The average Bonchev–Trinajstić information content (AvgIpc) is 3.09. The first kappa shape index (κ1) is 13.3. The van der Waals surface area contributed by atoms with Gasteiger partial charge in [-0.15, -0.1) is 0 Å². The lowest BCUT2D eigenvalue weighted by molar-refractivity contribution is -0.145. The molecule has 114 valence electrons. The van der Waals surface area contributed by atoms with E-state index in [0.29, 0.717) is 5.69 Å². The summed E-state index contributed by atoms with van der Waals surface area (Å²) >= 11 is 0. The van der Waals surface area contributed by atoms with Crippen molar-refractivity contribution in [2.75, 3.05) is 5.32 Å². The molecule has 0 radical (unpaired) electrons. The fraction of sp³-hybridized carbons (Fsp3) is 0.438. The van der Waals surface area contributed by atoms with Gasteiger partial charge in [0.1, 0.15) is 6.10 Å². The summed E-state index contributed by atoms with van der Waals surface area (Å²) in [5.41, 5.74) is 0.709. The summed E-state index contributed by atoms with van der Waals surface area (Å²) in [6.45, 7) is 0. The van der Waals surface area contributed by atoms with Crippen molar-refractivity contribution in [2.45, 2.75) is 18.9 Å². The van der Waals surface area contributed by atoms with Crippen LogP contribution < -0.4 is 5.32 Å². The minimum absolute atomic E-state index is 0.0152. The van der Waals surface area contributed by atoms with Crippen LogP contribution in [0.15, 0.2) is 24.3 Å². The molecular formula is C16H15NO5. The Balaban J connectivity index is 1.51. The standard InChI is InChI=1S/C16H15NO5/c18-14(17-9-3-1-7(2-4-9)15(19)20)12-8-5-10-11(6-8)22-16(21)13(10)12/h1-4,8,10-13H,5-6H2,(H,17,18)(H,19,20)/t8-,10+,11-,12-,13-/m1/s1. The van der Waals surface area contributed by atoms with Crippen LogP contribution in [-0.2, 0) is 14.3 Å². The van der Waals surface area contributed by atoms with Crippen molar-refractivity contribution in [3.8, 4) is 0 Å². The van der Waals surface area contributed by atoms with Gasteiger partial charge in [0.15, 0.2) is 0 Å². The van der Waals surface area contributed by atoms with E-state index in [-0.39, 0.29) is 47.2 Å². The van der Waals surface area contributed by atoms with E-state index in [1.54, 1.807) is 12.1 Å². The van der Waals surface area contributed by atoms with E-state index in [0.717, 1.165) is 12.8 Å². The average molecular weight is 301 g/mol. The number of benzene rings is 1. The summed E-state index contributed by atoms with van der Waals surface area (Å²) in [5.74, 6) is -1.63. The first-order chi connectivity index (χ1) is 10.5. The highest BCUT2D eigenvalue weighted by atomic mass is 16.6. The van der Waals surface area contributed by atoms with Gasteiger partial charge in [0.25, 0.3) is 0 Å². The second-order valence-corrected chi connectivity index (χ2v) is 6.29. The molecule has 2 aliphatic carbocycles. The molecule has 1 heterocycles. The van der Waals surface area contributed by atoms with Gasteiger partial charge in [-0.3, -0.25) is 9.59 Å². The molecule has 0 spiro atoms. The van der Waals surface area contributed by atoms with Gasteiger partial charge in [-0.05, 0) is 43.0 Å². The maximum absolute atomic E-state index is 12.5. The van der Waals surface area contributed by atoms with E-state index in [1.165, 1.54) is 12.1 Å². The van der Waals surface area contributed by atoms with Gasteiger partial charge in [-0.25, -0.2) is 4.79 Å². The maximum atomic E-state index is 12.5. The number of carboxylic acids is 1. The summed E-state index contributed by atoms with van der Waals surface area (Å²) in [6.07, 6.45) is 1.68. The lowest BCUT2D eigenvalue weighted by Gasteiger charge is -2.23. The third-order valence-corrected chi connectivity index (χ3v) is 5.19. The molecule has 0 unspecified atom stereocenters. The highest BCUT2D eigenvalue weighted by molar-refractivity contribution is 5.97. The Labute approximate surface area is 126 Å². The number of carbonyl (C=O) groups excluding carboxylic acids is 2. The van der Waals surface area contributed by atoms with Crippen LogP contribution in [0.2, 0.25) is 0 Å². The summed E-state index contributed by atoms with van der Waals surface area (Å²) < 4.78 is 5.33. The minimum atomic E-state index is -1.01. The zero-order valence-electron chi connectivity index (χ0n) is 11.7. The van der Waals surface area contributed by atoms with Crippen molar-refractivity contribution in [3.05, 3.63) is 29.8 Å². The van der Waals surface area contributed by atoms with Crippen LogP contribution in [0.1, 0.15) is 23.2 Å². The van der Waals surface area contributed by atoms with E-state index in [9.17, 15) is 14.4 Å². The summed E-state index contributed by atoms with van der Waals surface area (Å²) in [7, 11) is 0. The zero-order chi connectivity index (χ0) is 15.4. The lowest BCUT2D eigenvalue weighted by Crippen LogP contribution is -2.35. The van der Waals surface area contributed by atoms with Crippen molar-refractivity contribution in [3.63, 3.8) is 0 Å². The quantitative estimate of drug-likeness (QED) is 0.826. The predicted molar refractivity (Wildman–Crippen MR) is 75.1 cm³/mol. The third-order valence-electron chi connectivity index (χ3n) is 5.19. The van der Waals surface area contributed by atoms with Crippen LogP contribution in [0.4, 0.5) is 5.69 Å². The molecule has 1 aromatic rings. The van der Waals surface area contributed by atoms with Gasteiger partial charge in [0.05, 0.1) is 17.4 Å². The number of carboxylic acid groups (broad SMARTS) is 1. The van der Waals surface area contributed by atoms with Crippen LogP contribution in [0.25, 0.3) is 0 Å². The number of hydrogen-bond donors (Lipinski definition) is 2. The van der Waals surface area contributed by atoms with Crippen molar-refractivity contribution in [1.29, 1.82) is 0 Å². The zero-order valence-corrected chi connectivity index (χ0v) is 11.7. The molecular weight excluding hydrogens is 286 g/mol. The number of nitrogens with one attached hydrogen (secondary N) is 1. The number of rotatable bonds is 3. The Morgan fingerprint density at radius 1 is 1.18 bits per heavy atom. The Bertz CT molecular complexity index is 666. The molecule has 6 heteroatoms. The normalized spacial score (nSPS) is 34.5. The molecule has 22 heavy (non-hydrogen) atoms. The number of aromatic carboxylic acids is 1. The number of amides is 1. The van der Waals surface area contributed by atoms with Gasteiger partial charge in [0, 0.05) is 11.6 Å². The number of hydrogen-bond acceptors (Lipinski definition) is 4. The number of anilines is 1. The van der Waals surface area contributed by atoms with Crippen molar-refractivity contribution in [1.82, 2.24) is 0 Å². The molecule has 1 saturated heterocycles. The summed E-state index contributed by atoms with van der Waals surface area (Å²) in [4.78, 5) is 35.2. The molecule has 1 aromatic carbocycles. The summed E-state index contributed by atoms with van der Waals surface area (Å²) in [6, 6.07) is 6.01. The largest absolute Gasteiger partial charge is 0.478 e. The third kappa shape index (κ3) is 1.83. The van der Waals surface area contributed by atoms with E-state index >= 15 is 0 Å². The lowest BCUT2D eigenvalue weighted by atomic mass is 9.79. The fourth-order valence-electron chi connectivity index (χ4n) is 4.28. The molecule has 3 fully saturated rings. The van der Waals surface area contributed by atoms with Crippen LogP contribution in [0.5, 0.6) is 0 Å². The predicted octanol–water partition coefficient (Wildman–Crippen LogP) is 1.52. The van der Waals surface area contributed by atoms with Crippen LogP contribution in [-0.4, -0.2) is 29.1 Å². The smallest absolute Gasteiger partial charge is 0.335 e. The van der Waals surface area contributed by atoms with E-state index in [1.807, 2.05) is 0 Å². The molecule has 1 amide bonds. The number of carbonyl (C=O) groups is 3. The van der Waals surface area contributed by atoms with Crippen LogP contribution in [0.3, 0.4) is 0 Å². The van der Waals surface area contributed by atoms with E-state index < -0.39 is 5.97 Å². The first-order valence-corrected chi connectivity index (χ1v) is 7.39. The first-order valence-electron chi connectivity index (χ1n) is 7.39. The van der Waals surface area contributed by atoms with Crippen molar-refractivity contribution in [2.24, 2.45) is 23.7 Å². The molecule has 3 aliphatic rings. The monoisotopic (exact) mass is 301 g/mol. The van der Waals surface area contributed by atoms with Crippen LogP contribution in [0, 0.1) is 23.7 Å². The van der Waals surface area contributed by atoms with Gasteiger partial charge in [-0.1, -0.05) is 0 Å². The molecule has 6 nitrogen and oxygen atoms in total. The maximum Gasteiger partial charge on any atom is 0.335 e. The summed E-state index contributed by atoms with van der Waals surface area (Å²) in [5, 5.41) is 11.7. The second-order valence-electron chi connectivity index (χ2n) is 6.29. The number of esters is 1. The fourth-order valence-corrected chi connectivity index (χ4v) is 4.28. The topological polar surface area (TPSA) is 92.7 Å². The Kier molecular flexibility index (Phi) is 2.76. The van der Waals surface area contributed by atoms with Gasteiger partial charge >= 0.3 is 11.9 Å². The Morgan fingerprint density at radius 2 is 1.91 bits per heavy atom. The molecule has 1 aliphatic heterocycles. The highest BCUT2D eigenvalue weighted by Crippen LogP contribution is 2.57. The molecule has 4 rings (SSSR count). The van der Waals surface area contributed by atoms with Crippen molar-refractivity contribution >= 4 is 23.5 Å². The molecule has 0 aromatic heterocycles. The van der Waals surface area contributed by atoms with E-state index in [2.05, 4.69) is 5.32 Å². The van der Waals surface area contributed by atoms with Crippen LogP contribution >= 0.6 is 0 Å². The molecule has 5 atom stereocenters. The molecule has 2 N–H and O–H groups in total. The SMILES string of the molecule is O=C(O)c1ccc(NC(=O)[C@@H]2[C@@H]3C[C@@H]4[C@H]2C(=O)O[C@@H]4C3)cc1. The number of ether oxygens (including phenoxy) is 1. The molecule has 2 saturated carbocycles. The second kappa shape index (κ2) is 4.56. The Hall–Kier alpha value is -2.37. The Morgan fingerprint density at radius 3 is 2.59 bits per heavy atom. The number of fused-ring (bicyclic) bond motifs is 1. The highest BCUT2D eigenvalue weighted by Gasteiger charge is 2.63.